The summed E-state index contributed by atoms with van der Waals surface area (Å²) in [6.45, 7) is 3.25. The molecule has 3 rings (SSSR count). The number of para-hydroxylation sites is 1. The van der Waals surface area contributed by atoms with E-state index in [0.29, 0.717) is 12.3 Å². The summed E-state index contributed by atoms with van der Waals surface area (Å²) in [6.07, 6.45) is 4.77. The third-order valence-electron chi connectivity index (χ3n) is 3.95. The first-order valence-corrected chi connectivity index (χ1v) is 7.77. The van der Waals surface area contributed by atoms with E-state index in [-0.39, 0.29) is 5.91 Å². The summed E-state index contributed by atoms with van der Waals surface area (Å²) in [5, 5.41) is 7.32. The molecule has 2 aromatic rings. The van der Waals surface area contributed by atoms with Gasteiger partial charge in [-0.1, -0.05) is 18.2 Å². The van der Waals surface area contributed by atoms with E-state index in [1.54, 1.807) is 6.92 Å². The van der Waals surface area contributed by atoms with E-state index in [0.717, 1.165) is 18.5 Å². The molecule has 5 nitrogen and oxygen atoms in total. The highest BCUT2D eigenvalue weighted by Crippen LogP contribution is 2.18. The third-order valence-corrected chi connectivity index (χ3v) is 3.95. The van der Waals surface area contributed by atoms with Gasteiger partial charge in [0, 0.05) is 24.3 Å². The molecule has 116 valence electrons. The van der Waals surface area contributed by atoms with Crippen molar-refractivity contribution in [1.29, 1.82) is 0 Å². The third kappa shape index (κ3) is 3.30. The lowest BCUT2D eigenvalue weighted by molar-refractivity contribution is -0.127. The molecule has 1 aliphatic heterocycles. The molecule has 1 unspecified atom stereocenters. The zero-order chi connectivity index (χ0) is 15.4. The first kappa shape index (κ1) is 14.6. The zero-order valence-corrected chi connectivity index (χ0v) is 12.8. The second kappa shape index (κ2) is 6.64. The number of nitrogens with one attached hydrogen (secondary N) is 1. The van der Waals surface area contributed by atoms with Gasteiger partial charge in [0.25, 0.3) is 5.91 Å². The lowest BCUT2D eigenvalue weighted by Crippen LogP contribution is -2.36. The standard InChI is InChI=1S/C17H21N3O2/c1-13(22-15-7-3-2-4-8-15)17(21)18-11-14-12-19-20-10-6-5-9-16(14)20/h2-4,7-8,12-13H,5-6,9-11H2,1H3,(H,18,21). The molecule has 0 bridgehead atoms. The van der Waals surface area contributed by atoms with Gasteiger partial charge < -0.3 is 10.1 Å². The van der Waals surface area contributed by atoms with E-state index < -0.39 is 6.10 Å². The molecule has 1 amide bonds. The van der Waals surface area contributed by atoms with Crippen molar-refractivity contribution in [2.75, 3.05) is 0 Å². The largest absolute Gasteiger partial charge is 0.481 e. The molecule has 0 spiro atoms. The van der Waals surface area contributed by atoms with Gasteiger partial charge in [0.15, 0.2) is 6.10 Å². The minimum Gasteiger partial charge on any atom is -0.481 e. The number of hydrogen-bond donors (Lipinski definition) is 1. The van der Waals surface area contributed by atoms with Crippen LogP contribution in [0.4, 0.5) is 0 Å². The van der Waals surface area contributed by atoms with Crippen LogP contribution in [0.15, 0.2) is 36.5 Å². The number of amides is 1. The van der Waals surface area contributed by atoms with Crippen LogP contribution in [-0.2, 0) is 24.3 Å². The van der Waals surface area contributed by atoms with Gasteiger partial charge in [-0.15, -0.1) is 0 Å². The minimum atomic E-state index is -0.520. The lowest BCUT2D eigenvalue weighted by atomic mass is 10.1. The quantitative estimate of drug-likeness (QED) is 0.921. The molecule has 0 fully saturated rings. The van der Waals surface area contributed by atoms with Crippen molar-refractivity contribution in [3.63, 3.8) is 0 Å². The highest BCUT2D eigenvalue weighted by molar-refractivity contribution is 5.80. The molecule has 1 atom stereocenters. The van der Waals surface area contributed by atoms with E-state index in [2.05, 4.69) is 15.1 Å². The lowest BCUT2D eigenvalue weighted by Gasteiger charge is -2.16. The fourth-order valence-corrected chi connectivity index (χ4v) is 2.72. The van der Waals surface area contributed by atoms with Crippen LogP contribution in [0.2, 0.25) is 0 Å². The number of rotatable bonds is 5. The molecule has 22 heavy (non-hydrogen) atoms. The van der Waals surface area contributed by atoms with E-state index >= 15 is 0 Å². The first-order valence-electron chi connectivity index (χ1n) is 7.77. The summed E-state index contributed by atoms with van der Waals surface area (Å²) in [7, 11) is 0. The van der Waals surface area contributed by atoms with Gasteiger partial charge in [-0.3, -0.25) is 9.48 Å². The molecule has 2 heterocycles. The number of aromatic nitrogens is 2. The summed E-state index contributed by atoms with van der Waals surface area (Å²) in [6, 6.07) is 9.38. The van der Waals surface area contributed by atoms with E-state index in [4.69, 9.17) is 4.74 Å². The van der Waals surface area contributed by atoms with Gasteiger partial charge in [0.2, 0.25) is 0 Å². The Balaban J connectivity index is 1.55. The molecule has 0 saturated carbocycles. The van der Waals surface area contributed by atoms with Crippen LogP contribution in [0.1, 0.15) is 31.0 Å². The van der Waals surface area contributed by atoms with E-state index in [1.807, 2.05) is 36.5 Å². The number of ether oxygens (including phenoxy) is 1. The van der Waals surface area contributed by atoms with Gasteiger partial charge in [-0.05, 0) is 38.3 Å². The van der Waals surface area contributed by atoms with Gasteiger partial charge >= 0.3 is 0 Å². The van der Waals surface area contributed by atoms with E-state index in [1.165, 1.54) is 18.5 Å². The Hall–Kier alpha value is -2.30. The highest BCUT2D eigenvalue weighted by atomic mass is 16.5. The Kier molecular flexibility index (Phi) is 4.42. The fourth-order valence-electron chi connectivity index (χ4n) is 2.72. The average Bonchev–Trinajstić information content (AvgIpc) is 2.97. The second-order valence-electron chi connectivity index (χ2n) is 5.59. The molecule has 1 aromatic heterocycles. The fraction of sp³-hybridized carbons (Fsp3) is 0.412. The number of carbonyl (C=O) groups excluding carboxylic acids is 1. The molecule has 5 heteroatoms. The Bertz CT molecular complexity index is 637. The maximum Gasteiger partial charge on any atom is 0.261 e. The minimum absolute atomic E-state index is 0.111. The molecular formula is C17H21N3O2. The van der Waals surface area contributed by atoms with Crippen LogP contribution in [0.25, 0.3) is 0 Å². The van der Waals surface area contributed by atoms with Gasteiger partial charge in [-0.25, -0.2) is 0 Å². The molecule has 1 aromatic carbocycles. The summed E-state index contributed by atoms with van der Waals surface area (Å²) in [5.41, 5.74) is 2.36. The van der Waals surface area contributed by atoms with Crippen molar-refractivity contribution >= 4 is 5.91 Å². The first-order chi connectivity index (χ1) is 10.7. The number of benzene rings is 1. The van der Waals surface area contributed by atoms with Crippen LogP contribution in [0.3, 0.4) is 0 Å². The predicted octanol–water partition coefficient (Wildman–Crippen LogP) is 2.30. The number of fused-ring (bicyclic) bond motifs is 1. The van der Waals surface area contributed by atoms with Crippen molar-refractivity contribution in [3.8, 4) is 5.75 Å². The normalized spacial score (nSPS) is 15.0. The Morgan fingerprint density at radius 1 is 1.36 bits per heavy atom. The topological polar surface area (TPSA) is 56.1 Å². The van der Waals surface area contributed by atoms with Gasteiger partial charge in [0.05, 0.1) is 6.20 Å². The van der Waals surface area contributed by atoms with Crippen molar-refractivity contribution in [2.45, 2.75) is 45.4 Å². The van der Waals surface area contributed by atoms with Crippen molar-refractivity contribution < 1.29 is 9.53 Å². The molecular weight excluding hydrogens is 278 g/mol. The average molecular weight is 299 g/mol. The van der Waals surface area contributed by atoms with Crippen LogP contribution < -0.4 is 10.1 Å². The maximum absolute atomic E-state index is 12.1. The van der Waals surface area contributed by atoms with E-state index in [9.17, 15) is 4.79 Å². The van der Waals surface area contributed by atoms with Crippen LogP contribution in [-0.4, -0.2) is 21.8 Å². The van der Waals surface area contributed by atoms with Crippen molar-refractivity contribution in [3.05, 3.63) is 47.8 Å². The smallest absolute Gasteiger partial charge is 0.261 e. The number of carbonyl (C=O) groups is 1. The van der Waals surface area contributed by atoms with Crippen molar-refractivity contribution in [2.24, 2.45) is 0 Å². The summed E-state index contributed by atoms with van der Waals surface area (Å²) < 4.78 is 7.68. The summed E-state index contributed by atoms with van der Waals surface area (Å²) >= 11 is 0. The summed E-state index contributed by atoms with van der Waals surface area (Å²) in [4.78, 5) is 12.1. The predicted molar refractivity (Wildman–Crippen MR) is 83.5 cm³/mol. The molecule has 0 radical (unpaired) electrons. The Morgan fingerprint density at radius 2 is 2.18 bits per heavy atom. The van der Waals surface area contributed by atoms with Crippen LogP contribution in [0.5, 0.6) is 5.75 Å². The number of nitrogens with zero attached hydrogens (tertiary/aromatic N) is 2. The Labute approximate surface area is 130 Å². The molecule has 1 aliphatic rings. The monoisotopic (exact) mass is 299 g/mol. The second-order valence-corrected chi connectivity index (χ2v) is 5.59. The summed E-state index contributed by atoms with van der Waals surface area (Å²) in [5.74, 6) is 0.590. The SMILES string of the molecule is CC(Oc1ccccc1)C(=O)NCc1cnn2c1CCCC2. The van der Waals surface area contributed by atoms with Crippen LogP contribution in [0, 0.1) is 0 Å². The highest BCUT2D eigenvalue weighted by Gasteiger charge is 2.18. The molecule has 0 aliphatic carbocycles. The zero-order valence-electron chi connectivity index (χ0n) is 12.8. The van der Waals surface area contributed by atoms with Crippen LogP contribution >= 0.6 is 0 Å². The maximum atomic E-state index is 12.1. The van der Waals surface area contributed by atoms with Crippen molar-refractivity contribution in [1.82, 2.24) is 15.1 Å². The molecule has 0 saturated heterocycles. The van der Waals surface area contributed by atoms with Gasteiger partial charge in [0.1, 0.15) is 5.75 Å². The molecule has 1 N–H and O–H groups in total. The Morgan fingerprint density at radius 3 is 3.00 bits per heavy atom. The number of aryl methyl sites for hydroxylation is 1. The van der Waals surface area contributed by atoms with Gasteiger partial charge in [-0.2, -0.15) is 5.10 Å². The number of hydrogen-bond acceptors (Lipinski definition) is 3.